The molecular weight excluding hydrogens is 450 g/mol. The van der Waals surface area contributed by atoms with Gasteiger partial charge in [-0.15, -0.1) is 4.36 Å². The maximum atomic E-state index is 13.2. The topological polar surface area (TPSA) is 96.8 Å². The Morgan fingerprint density at radius 2 is 1.68 bits per heavy atom. The highest BCUT2D eigenvalue weighted by Crippen LogP contribution is 2.36. The summed E-state index contributed by atoms with van der Waals surface area (Å²) in [6.07, 6.45) is -7.10. The van der Waals surface area contributed by atoms with Gasteiger partial charge in [-0.1, -0.05) is 6.92 Å². The SMILES string of the molecule is CCS(=O)(=NC#N)c1cc(C(F)(F)F)cnc1-c1nc2cc(C(F)(F)F)cnc2n1C. The van der Waals surface area contributed by atoms with E-state index in [0.29, 0.717) is 18.5 Å². The summed E-state index contributed by atoms with van der Waals surface area (Å²) in [7, 11) is -2.29. The van der Waals surface area contributed by atoms with Crippen LogP contribution in [0.4, 0.5) is 26.3 Å². The van der Waals surface area contributed by atoms with Crippen LogP contribution in [-0.4, -0.2) is 29.5 Å². The zero-order valence-corrected chi connectivity index (χ0v) is 16.6. The lowest BCUT2D eigenvalue weighted by Gasteiger charge is -2.14. The molecule has 164 valence electrons. The molecule has 0 aliphatic carbocycles. The molecule has 0 saturated heterocycles. The molecule has 0 fully saturated rings. The summed E-state index contributed by atoms with van der Waals surface area (Å²) in [5.41, 5.74) is -2.80. The maximum absolute atomic E-state index is 13.2. The van der Waals surface area contributed by atoms with Crippen LogP contribution < -0.4 is 0 Å². The summed E-state index contributed by atoms with van der Waals surface area (Å²) in [5, 5.41) is 8.88. The van der Waals surface area contributed by atoms with E-state index >= 15 is 0 Å². The number of hydrogen-bond donors (Lipinski definition) is 0. The van der Waals surface area contributed by atoms with E-state index in [1.165, 1.54) is 24.7 Å². The maximum Gasteiger partial charge on any atom is 0.417 e. The Balaban J connectivity index is 2.36. The molecule has 0 aliphatic heterocycles. The molecule has 3 aromatic rings. The molecule has 0 aromatic carbocycles. The van der Waals surface area contributed by atoms with Gasteiger partial charge in [0.25, 0.3) is 0 Å². The number of imidazole rings is 1. The Kier molecular flexibility index (Phi) is 5.43. The lowest BCUT2D eigenvalue weighted by atomic mass is 10.2. The predicted octanol–water partition coefficient (Wildman–Crippen LogP) is 4.40. The van der Waals surface area contributed by atoms with Gasteiger partial charge in [-0.3, -0.25) is 4.98 Å². The van der Waals surface area contributed by atoms with Gasteiger partial charge in [0.1, 0.15) is 11.2 Å². The molecular formula is C17H12F6N6OS. The van der Waals surface area contributed by atoms with Gasteiger partial charge in [-0.25, -0.2) is 14.2 Å². The number of nitriles is 1. The average Bonchev–Trinajstić information content (AvgIpc) is 3.02. The van der Waals surface area contributed by atoms with Crippen LogP contribution in [-0.2, 0) is 29.1 Å². The van der Waals surface area contributed by atoms with Crippen molar-refractivity contribution < 1.29 is 30.6 Å². The Morgan fingerprint density at radius 3 is 2.23 bits per heavy atom. The third kappa shape index (κ3) is 4.05. The Hall–Kier alpha value is -3.21. The number of fused-ring (bicyclic) bond motifs is 1. The summed E-state index contributed by atoms with van der Waals surface area (Å²) in [5.74, 6) is -0.489. The van der Waals surface area contributed by atoms with E-state index in [-0.39, 0.29) is 28.4 Å². The van der Waals surface area contributed by atoms with Crippen molar-refractivity contribution in [1.82, 2.24) is 19.5 Å². The standard InChI is InChI=1S/C17H12F6N6OS/c1-3-31(30,27-8-24)12-5-10(17(21,22)23)6-25-13(12)15-28-11-4-9(16(18,19)20)7-26-14(11)29(15)2/h4-7H,3H2,1-2H3. The third-order valence-electron chi connectivity index (χ3n) is 4.35. The molecule has 0 bridgehead atoms. The number of hydrogen-bond acceptors (Lipinski definition) is 6. The van der Waals surface area contributed by atoms with Crippen LogP contribution in [0.25, 0.3) is 22.7 Å². The van der Waals surface area contributed by atoms with Gasteiger partial charge in [-0.05, 0) is 12.1 Å². The highest BCUT2D eigenvalue weighted by molar-refractivity contribution is 7.93. The number of nitrogens with zero attached hydrogens (tertiary/aromatic N) is 6. The van der Waals surface area contributed by atoms with Gasteiger partial charge in [0.2, 0.25) is 6.19 Å². The number of halogens is 6. The lowest BCUT2D eigenvalue weighted by molar-refractivity contribution is -0.138. The van der Waals surface area contributed by atoms with E-state index in [1.807, 2.05) is 0 Å². The molecule has 0 saturated carbocycles. The van der Waals surface area contributed by atoms with Crippen molar-refractivity contribution in [2.24, 2.45) is 11.4 Å². The van der Waals surface area contributed by atoms with E-state index in [2.05, 4.69) is 19.3 Å². The second-order valence-electron chi connectivity index (χ2n) is 6.25. The summed E-state index contributed by atoms with van der Waals surface area (Å²) in [6.45, 7) is 1.36. The minimum Gasteiger partial charge on any atom is -0.310 e. The fourth-order valence-electron chi connectivity index (χ4n) is 2.79. The Morgan fingerprint density at radius 1 is 1.10 bits per heavy atom. The van der Waals surface area contributed by atoms with Crippen LogP contribution >= 0.6 is 0 Å². The molecule has 14 heteroatoms. The van der Waals surface area contributed by atoms with Crippen molar-refractivity contribution in [3.05, 3.63) is 35.7 Å². The Bertz CT molecular complexity index is 1330. The van der Waals surface area contributed by atoms with Crippen molar-refractivity contribution >= 4 is 20.9 Å². The van der Waals surface area contributed by atoms with Gasteiger partial charge >= 0.3 is 12.4 Å². The van der Waals surface area contributed by atoms with E-state index in [4.69, 9.17) is 5.26 Å². The monoisotopic (exact) mass is 462 g/mol. The fraction of sp³-hybridized carbons (Fsp3) is 0.294. The van der Waals surface area contributed by atoms with Crippen LogP contribution in [0.2, 0.25) is 0 Å². The van der Waals surface area contributed by atoms with Crippen molar-refractivity contribution in [2.75, 3.05) is 5.75 Å². The molecule has 0 N–H and O–H groups in total. The molecule has 0 amide bonds. The number of aromatic nitrogens is 4. The number of pyridine rings is 2. The van der Waals surface area contributed by atoms with Gasteiger partial charge < -0.3 is 4.57 Å². The van der Waals surface area contributed by atoms with Crippen molar-refractivity contribution in [3.8, 4) is 17.7 Å². The fourth-order valence-corrected chi connectivity index (χ4v) is 4.22. The molecule has 0 aliphatic rings. The highest BCUT2D eigenvalue weighted by Gasteiger charge is 2.35. The number of alkyl halides is 6. The van der Waals surface area contributed by atoms with Crippen LogP contribution in [0.1, 0.15) is 18.1 Å². The van der Waals surface area contributed by atoms with Crippen LogP contribution in [0.3, 0.4) is 0 Å². The molecule has 3 heterocycles. The molecule has 3 aromatic heterocycles. The molecule has 0 radical (unpaired) electrons. The predicted molar refractivity (Wildman–Crippen MR) is 96.7 cm³/mol. The first-order chi connectivity index (χ1) is 14.3. The second kappa shape index (κ2) is 7.49. The van der Waals surface area contributed by atoms with Gasteiger partial charge in [0.05, 0.1) is 25.8 Å². The molecule has 0 spiro atoms. The van der Waals surface area contributed by atoms with Crippen LogP contribution in [0.15, 0.2) is 33.8 Å². The molecule has 1 atom stereocenters. The first-order valence-corrected chi connectivity index (χ1v) is 10.1. The first-order valence-electron chi connectivity index (χ1n) is 8.42. The molecule has 7 nitrogen and oxygen atoms in total. The van der Waals surface area contributed by atoms with E-state index < -0.39 is 38.1 Å². The van der Waals surface area contributed by atoms with E-state index in [0.717, 1.165) is 6.07 Å². The molecule has 3 rings (SSSR count). The normalized spacial score (nSPS) is 14.3. The van der Waals surface area contributed by atoms with Gasteiger partial charge in [-0.2, -0.15) is 31.6 Å². The van der Waals surface area contributed by atoms with Crippen molar-refractivity contribution in [1.29, 1.82) is 5.26 Å². The Labute approximate surface area is 171 Å². The zero-order valence-electron chi connectivity index (χ0n) is 15.8. The quantitative estimate of drug-likeness (QED) is 0.425. The van der Waals surface area contributed by atoms with Gasteiger partial charge in [0.15, 0.2) is 11.5 Å². The highest BCUT2D eigenvalue weighted by atomic mass is 32.2. The van der Waals surface area contributed by atoms with E-state index in [9.17, 15) is 30.6 Å². The summed E-state index contributed by atoms with van der Waals surface area (Å²) < 4.78 is 96.2. The first kappa shape index (κ1) is 22.5. The zero-order chi connectivity index (χ0) is 23.2. The van der Waals surface area contributed by atoms with Crippen LogP contribution in [0.5, 0.6) is 0 Å². The third-order valence-corrected chi connectivity index (χ3v) is 6.51. The van der Waals surface area contributed by atoms with Gasteiger partial charge in [0, 0.05) is 25.2 Å². The minimum atomic E-state index is -4.82. The molecule has 1 unspecified atom stereocenters. The second-order valence-corrected chi connectivity index (χ2v) is 8.73. The summed E-state index contributed by atoms with van der Waals surface area (Å²) in [4.78, 5) is 11.0. The van der Waals surface area contributed by atoms with Crippen LogP contribution in [0, 0.1) is 11.5 Å². The lowest BCUT2D eigenvalue weighted by Crippen LogP contribution is -2.13. The van der Waals surface area contributed by atoms with Crippen molar-refractivity contribution in [3.63, 3.8) is 0 Å². The summed E-state index contributed by atoms with van der Waals surface area (Å²) in [6, 6.07) is 1.29. The molecule has 31 heavy (non-hydrogen) atoms. The number of rotatable bonds is 3. The van der Waals surface area contributed by atoms with E-state index in [1.54, 1.807) is 0 Å². The van der Waals surface area contributed by atoms with Crippen molar-refractivity contribution in [2.45, 2.75) is 24.2 Å². The largest absolute Gasteiger partial charge is 0.417 e. The average molecular weight is 462 g/mol. The summed E-state index contributed by atoms with van der Waals surface area (Å²) >= 11 is 0. The minimum absolute atomic E-state index is 0.00383. The smallest absolute Gasteiger partial charge is 0.310 e. The number of aryl methyl sites for hydroxylation is 1.